The fourth-order valence-electron chi connectivity index (χ4n) is 7.18. The van der Waals surface area contributed by atoms with Crippen LogP contribution < -0.4 is 10.6 Å². The monoisotopic (exact) mass is 768 g/mol. The van der Waals surface area contributed by atoms with E-state index in [9.17, 15) is 14.7 Å². The van der Waals surface area contributed by atoms with Crippen molar-refractivity contribution in [1.29, 1.82) is 0 Å². The van der Waals surface area contributed by atoms with Crippen LogP contribution in [0.5, 0.6) is 0 Å². The molecule has 0 aromatic heterocycles. The fourth-order valence-corrected chi connectivity index (χ4v) is 7.18. The van der Waals surface area contributed by atoms with Gasteiger partial charge in [0, 0.05) is 19.7 Å². The van der Waals surface area contributed by atoms with E-state index in [0.717, 1.165) is 122 Å². The molecule has 8 nitrogen and oxygen atoms in total. The molecule has 0 fully saturated rings. The Morgan fingerprint density at radius 3 is 1.30 bits per heavy atom. The van der Waals surface area contributed by atoms with Crippen LogP contribution in [0.3, 0.4) is 0 Å². The van der Waals surface area contributed by atoms with E-state index in [1.165, 1.54) is 109 Å². The largest absolute Gasteiger partial charge is 0.450 e. The van der Waals surface area contributed by atoms with Crippen LogP contribution in [-0.2, 0) is 9.47 Å². The molecule has 0 rings (SSSR count). The molecular weight excluding hydrogens is 675 g/mol. The Balaban J connectivity index is 4.06. The van der Waals surface area contributed by atoms with Gasteiger partial charge in [0.2, 0.25) is 0 Å². The normalized spacial score (nSPS) is 11.4. The highest BCUT2D eigenvalue weighted by Crippen LogP contribution is 2.17. The zero-order valence-electron chi connectivity index (χ0n) is 36.4. The van der Waals surface area contributed by atoms with E-state index in [2.05, 4.69) is 36.3 Å². The average molecular weight is 768 g/mol. The minimum absolute atomic E-state index is 0.0544. The van der Waals surface area contributed by atoms with Gasteiger partial charge in [-0.05, 0) is 90.3 Å². The smallest absolute Gasteiger partial charge is 0.407 e. The van der Waals surface area contributed by atoms with E-state index < -0.39 is 0 Å². The summed E-state index contributed by atoms with van der Waals surface area (Å²) >= 11 is 0. The first-order valence-electron chi connectivity index (χ1n) is 23.8. The molecule has 0 heterocycles. The second-order valence-electron chi connectivity index (χ2n) is 16.1. The van der Waals surface area contributed by atoms with Gasteiger partial charge in [0.25, 0.3) is 0 Å². The highest BCUT2D eigenvalue weighted by molar-refractivity contribution is 5.67. The van der Waals surface area contributed by atoms with Crippen molar-refractivity contribution in [3.8, 4) is 0 Å². The van der Waals surface area contributed by atoms with Gasteiger partial charge in [0.1, 0.15) is 6.10 Å². The first-order chi connectivity index (χ1) is 26.6. The molecule has 0 aliphatic heterocycles. The quantitative estimate of drug-likeness (QED) is 0.0534. The highest BCUT2D eigenvalue weighted by Gasteiger charge is 2.14. The number of aliphatic hydroxyl groups excluding tert-OH is 1. The van der Waals surface area contributed by atoms with Crippen LogP contribution in [0.25, 0.3) is 0 Å². The average Bonchev–Trinajstić information content (AvgIpc) is 3.17. The van der Waals surface area contributed by atoms with E-state index in [0.29, 0.717) is 19.7 Å². The van der Waals surface area contributed by atoms with Crippen LogP contribution in [0.4, 0.5) is 9.59 Å². The molecule has 0 radical (unpaired) electrons. The number of ether oxygens (including phenoxy) is 2. The highest BCUT2D eigenvalue weighted by atomic mass is 16.6. The topological polar surface area (TPSA) is 100 Å². The summed E-state index contributed by atoms with van der Waals surface area (Å²) in [5.41, 5.74) is 0. The number of aliphatic hydroxyl groups is 1. The number of unbranched alkanes of at least 4 members (excludes halogenated alkanes) is 25. The molecule has 322 valence electrons. The lowest BCUT2D eigenvalue weighted by Gasteiger charge is -2.22. The zero-order chi connectivity index (χ0) is 39.4. The molecular formula is C46H93N3O5. The Labute approximate surface area is 335 Å². The van der Waals surface area contributed by atoms with Gasteiger partial charge in [-0.2, -0.15) is 0 Å². The lowest BCUT2D eigenvalue weighted by Crippen LogP contribution is -2.30. The van der Waals surface area contributed by atoms with Gasteiger partial charge in [-0.1, -0.05) is 162 Å². The Hall–Kier alpha value is -1.54. The number of nitrogens with one attached hydrogen (secondary N) is 2. The molecule has 54 heavy (non-hydrogen) atoms. The van der Waals surface area contributed by atoms with Crippen molar-refractivity contribution in [2.75, 3.05) is 45.9 Å². The number of rotatable bonds is 43. The summed E-state index contributed by atoms with van der Waals surface area (Å²) in [5, 5.41) is 15.2. The van der Waals surface area contributed by atoms with Crippen molar-refractivity contribution >= 4 is 12.2 Å². The first-order valence-corrected chi connectivity index (χ1v) is 23.8. The maximum Gasteiger partial charge on any atom is 0.407 e. The maximum absolute atomic E-state index is 12.6. The Kier molecular flexibility index (Phi) is 42.9. The molecule has 0 saturated heterocycles. The van der Waals surface area contributed by atoms with Gasteiger partial charge in [-0.25, -0.2) is 9.59 Å². The Bertz CT molecular complexity index is 755. The van der Waals surface area contributed by atoms with Gasteiger partial charge < -0.3 is 30.1 Å². The molecule has 0 bridgehead atoms. The number of carbonyl (C=O) groups is 2. The van der Waals surface area contributed by atoms with Crippen LogP contribution in [0, 0.1) is 0 Å². The number of carbonyl (C=O) groups excluding carboxylic acids is 2. The summed E-state index contributed by atoms with van der Waals surface area (Å²) < 4.78 is 11.3. The molecule has 0 aromatic rings. The summed E-state index contributed by atoms with van der Waals surface area (Å²) in [6.07, 6.45) is 38.9. The van der Waals surface area contributed by atoms with Crippen molar-refractivity contribution in [3.63, 3.8) is 0 Å². The summed E-state index contributed by atoms with van der Waals surface area (Å²) in [5.74, 6) is 0. The van der Waals surface area contributed by atoms with Crippen LogP contribution in [0.2, 0.25) is 0 Å². The molecule has 0 saturated carbocycles. The lowest BCUT2D eigenvalue weighted by molar-refractivity contribution is 0.0840. The van der Waals surface area contributed by atoms with Crippen LogP contribution in [0.1, 0.15) is 233 Å². The second-order valence-corrected chi connectivity index (χ2v) is 16.1. The Morgan fingerprint density at radius 2 is 0.833 bits per heavy atom. The van der Waals surface area contributed by atoms with E-state index in [-0.39, 0.29) is 24.9 Å². The Morgan fingerprint density at radius 1 is 0.463 bits per heavy atom. The predicted molar refractivity (Wildman–Crippen MR) is 231 cm³/mol. The van der Waals surface area contributed by atoms with E-state index in [1.807, 2.05) is 0 Å². The first kappa shape index (κ1) is 52.5. The molecule has 0 spiro atoms. The molecule has 0 aromatic carbocycles. The van der Waals surface area contributed by atoms with Crippen molar-refractivity contribution in [2.45, 2.75) is 239 Å². The molecule has 8 heteroatoms. The molecule has 3 N–H and O–H groups in total. The predicted octanol–water partition coefficient (Wildman–Crippen LogP) is 13.0. The SMILES string of the molecule is CCCCCCCCCCCOC(=O)NCCCCCCN(CCCCO)CCCCCCNC(=O)OC(CCCCCCCC)CCCCCCCC. The summed E-state index contributed by atoms with van der Waals surface area (Å²) in [7, 11) is 0. The summed E-state index contributed by atoms with van der Waals surface area (Å²) in [6.45, 7) is 12.1. The molecule has 0 unspecified atom stereocenters. The van der Waals surface area contributed by atoms with E-state index in [4.69, 9.17) is 9.47 Å². The number of hydrogen-bond donors (Lipinski definition) is 3. The van der Waals surface area contributed by atoms with E-state index >= 15 is 0 Å². The van der Waals surface area contributed by atoms with Crippen molar-refractivity contribution in [3.05, 3.63) is 0 Å². The number of nitrogens with zero attached hydrogens (tertiary/aromatic N) is 1. The third-order valence-electron chi connectivity index (χ3n) is 10.7. The van der Waals surface area contributed by atoms with Crippen LogP contribution in [0.15, 0.2) is 0 Å². The van der Waals surface area contributed by atoms with Gasteiger partial charge in [0.15, 0.2) is 0 Å². The number of hydrogen-bond acceptors (Lipinski definition) is 6. The third kappa shape index (κ3) is 40.1. The minimum Gasteiger partial charge on any atom is -0.450 e. The lowest BCUT2D eigenvalue weighted by atomic mass is 10.0. The molecule has 2 amide bonds. The second kappa shape index (κ2) is 44.2. The molecule has 0 aliphatic carbocycles. The zero-order valence-corrected chi connectivity index (χ0v) is 36.4. The van der Waals surface area contributed by atoms with Crippen LogP contribution >= 0.6 is 0 Å². The molecule has 0 atom stereocenters. The van der Waals surface area contributed by atoms with E-state index in [1.54, 1.807) is 0 Å². The molecule has 0 aliphatic rings. The maximum atomic E-state index is 12.6. The number of amides is 2. The fraction of sp³-hybridized carbons (Fsp3) is 0.957. The standard InChI is InChI=1S/C46H93N3O5/c1-4-7-10-13-16-17-18-25-34-43-53-45(51)47-37-28-21-23-30-39-49(41-32-33-42-50)40-31-24-22-29-38-48-46(52)54-44(35-26-19-14-11-8-5-2)36-27-20-15-12-9-6-3/h44,50H,4-43H2,1-3H3,(H,47,51)(H,48,52). The summed E-state index contributed by atoms with van der Waals surface area (Å²) in [4.78, 5) is 27.2. The van der Waals surface area contributed by atoms with Gasteiger partial charge in [-0.15, -0.1) is 0 Å². The summed E-state index contributed by atoms with van der Waals surface area (Å²) in [6, 6.07) is 0. The van der Waals surface area contributed by atoms with Crippen LogP contribution in [-0.4, -0.2) is 74.2 Å². The van der Waals surface area contributed by atoms with Gasteiger partial charge in [0.05, 0.1) is 6.61 Å². The van der Waals surface area contributed by atoms with Gasteiger partial charge >= 0.3 is 12.2 Å². The minimum atomic E-state index is -0.272. The van der Waals surface area contributed by atoms with Gasteiger partial charge in [-0.3, -0.25) is 0 Å². The number of alkyl carbamates (subject to hydrolysis) is 2. The third-order valence-corrected chi connectivity index (χ3v) is 10.7. The van der Waals surface area contributed by atoms with Crippen molar-refractivity contribution in [1.82, 2.24) is 15.5 Å². The van der Waals surface area contributed by atoms with Crippen molar-refractivity contribution in [2.24, 2.45) is 0 Å². The van der Waals surface area contributed by atoms with Crippen molar-refractivity contribution < 1.29 is 24.2 Å².